The van der Waals surface area contributed by atoms with Gasteiger partial charge >= 0.3 is 0 Å². The van der Waals surface area contributed by atoms with Gasteiger partial charge in [-0.15, -0.1) is 0 Å². The van der Waals surface area contributed by atoms with Crippen molar-refractivity contribution >= 4 is 58.8 Å². The molecule has 5 rings (SSSR count). The Hall–Kier alpha value is -4.36. The van der Waals surface area contributed by atoms with Crippen LogP contribution in [-0.4, -0.2) is 25.9 Å². The number of nitrogens with one attached hydrogen (secondary N) is 3. The van der Waals surface area contributed by atoms with E-state index in [4.69, 9.17) is 5.53 Å². The summed E-state index contributed by atoms with van der Waals surface area (Å²) in [6.45, 7) is 1.02. The Morgan fingerprint density at radius 1 is 0.625 bits per heavy atom. The largest absolute Gasteiger partial charge is 0.380 e. The number of hydrogen-bond acceptors (Lipinski definition) is 8. The zero-order chi connectivity index (χ0) is 28.5. The number of rotatable bonds is 9. The Balaban J connectivity index is 1.28. The monoisotopic (exact) mass is 576 g/mol. The predicted molar refractivity (Wildman–Crippen MR) is 153 cm³/mol. The summed E-state index contributed by atoms with van der Waals surface area (Å²) in [5.41, 5.74) is 11.3. The van der Waals surface area contributed by atoms with Gasteiger partial charge in [-0.3, -0.25) is 9.11 Å². The standard InChI is InChI=1S/C28H24N4O6S2/c29-32-28-13-12-27(24-11-9-22(15-25(24)28)40(36,37)38)31-17-19-6-4-18(5-7-19)16-30-26-3-1-2-20-14-21(39(33,34)35)8-10-23(20)26/h1-15,29-31H,16-17H2,(H,33,34,35)(H,36,37,38). The molecule has 0 aliphatic heterocycles. The van der Waals surface area contributed by atoms with Crippen molar-refractivity contribution in [3.63, 3.8) is 0 Å². The van der Waals surface area contributed by atoms with Gasteiger partial charge in [0, 0.05) is 40.6 Å². The molecule has 0 saturated heterocycles. The lowest BCUT2D eigenvalue weighted by Gasteiger charge is -2.13. The Kier molecular flexibility index (Phi) is 7.25. The minimum Gasteiger partial charge on any atom is -0.380 e. The van der Waals surface area contributed by atoms with Crippen molar-refractivity contribution in [2.45, 2.75) is 22.9 Å². The molecule has 40 heavy (non-hydrogen) atoms. The van der Waals surface area contributed by atoms with Gasteiger partial charge in [-0.05, 0) is 59.0 Å². The van der Waals surface area contributed by atoms with Gasteiger partial charge in [0.1, 0.15) is 0 Å². The second-order valence-electron chi connectivity index (χ2n) is 9.11. The Bertz CT molecular complexity index is 1980. The number of anilines is 2. The smallest absolute Gasteiger partial charge is 0.294 e. The number of benzene rings is 5. The first-order valence-electron chi connectivity index (χ1n) is 12.0. The summed E-state index contributed by atoms with van der Waals surface area (Å²) in [7, 11) is -8.67. The summed E-state index contributed by atoms with van der Waals surface area (Å²) >= 11 is 0. The molecule has 0 radical (unpaired) electrons. The highest BCUT2D eigenvalue weighted by Gasteiger charge is 2.14. The molecule has 0 aliphatic carbocycles. The maximum atomic E-state index is 11.6. The molecule has 0 spiro atoms. The van der Waals surface area contributed by atoms with E-state index in [1.54, 1.807) is 30.3 Å². The molecule has 0 fully saturated rings. The maximum Gasteiger partial charge on any atom is 0.294 e. The topological polar surface area (TPSA) is 169 Å². The fourth-order valence-corrected chi connectivity index (χ4v) is 5.49. The maximum absolute atomic E-state index is 11.6. The first-order valence-corrected chi connectivity index (χ1v) is 14.9. The minimum absolute atomic E-state index is 0.153. The predicted octanol–water partition coefficient (Wildman–Crippen LogP) is 6.37. The third-order valence-electron chi connectivity index (χ3n) is 6.52. The number of fused-ring (bicyclic) bond motifs is 2. The van der Waals surface area contributed by atoms with Crippen LogP contribution in [0.2, 0.25) is 0 Å². The molecule has 0 atom stereocenters. The van der Waals surface area contributed by atoms with Gasteiger partial charge in [-0.2, -0.15) is 21.9 Å². The van der Waals surface area contributed by atoms with E-state index in [0.29, 0.717) is 29.2 Å². The molecule has 204 valence electrons. The number of hydrogen-bond donors (Lipinski definition) is 5. The zero-order valence-corrected chi connectivity index (χ0v) is 22.5. The molecule has 12 heteroatoms. The van der Waals surface area contributed by atoms with E-state index in [1.807, 2.05) is 36.4 Å². The normalized spacial score (nSPS) is 11.9. The number of nitrogens with zero attached hydrogens (tertiary/aromatic N) is 1. The van der Waals surface area contributed by atoms with E-state index >= 15 is 0 Å². The fraction of sp³-hybridized carbons (Fsp3) is 0.0714. The van der Waals surface area contributed by atoms with Gasteiger partial charge in [-0.1, -0.05) is 48.5 Å². The van der Waals surface area contributed by atoms with E-state index in [-0.39, 0.29) is 15.5 Å². The molecule has 0 aliphatic rings. The second-order valence-corrected chi connectivity index (χ2v) is 12.0. The molecule has 5 N–H and O–H groups in total. The molecule has 0 unspecified atom stereocenters. The summed E-state index contributed by atoms with van der Waals surface area (Å²) in [5, 5.41) is 12.8. The summed E-state index contributed by atoms with van der Waals surface area (Å²) in [4.78, 5) is -0.419. The van der Waals surface area contributed by atoms with Crippen molar-refractivity contribution in [3.8, 4) is 0 Å². The van der Waals surface area contributed by atoms with Crippen LogP contribution in [0, 0.1) is 5.53 Å². The Morgan fingerprint density at radius 2 is 1.18 bits per heavy atom. The highest BCUT2D eigenvalue weighted by atomic mass is 32.2. The highest BCUT2D eigenvalue weighted by Crippen LogP contribution is 2.34. The van der Waals surface area contributed by atoms with E-state index < -0.39 is 20.2 Å². The van der Waals surface area contributed by atoms with Crippen LogP contribution in [-0.2, 0) is 33.3 Å². The molecule has 5 aromatic carbocycles. The average Bonchev–Trinajstić information content (AvgIpc) is 2.93. The van der Waals surface area contributed by atoms with Crippen LogP contribution in [0.25, 0.3) is 21.5 Å². The lowest BCUT2D eigenvalue weighted by molar-refractivity contribution is 0.481. The lowest BCUT2D eigenvalue weighted by atomic mass is 10.1. The summed E-state index contributed by atoms with van der Waals surface area (Å²) in [5.74, 6) is 0. The van der Waals surface area contributed by atoms with E-state index in [9.17, 15) is 25.9 Å². The first kappa shape index (κ1) is 27.2. The van der Waals surface area contributed by atoms with E-state index in [1.165, 1.54) is 24.3 Å². The quantitative estimate of drug-likeness (QED) is 0.0995. The van der Waals surface area contributed by atoms with Crippen LogP contribution in [0.4, 0.5) is 17.1 Å². The Labute approximate surface area is 230 Å². The Morgan fingerprint density at radius 3 is 1.75 bits per heavy atom. The van der Waals surface area contributed by atoms with Crippen LogP contribution in [0.3, 0.4) is 0 Å². The van der Waals surface area contributed by atoms with Crippen LogP contribution >= 0.6 is 0 Å². The van der Waals surface area contributed by atoms with Crippen molar-refractivity contribution in [2.75, 3.05) is 10.6 Å². The van der Waals surface area contributed by atoms with Gasteiger partial charge in [0.05, 0.1) is 15.5 Å². The van der Waals surface area contributed by atoms with Crippen molar-refractivity contribution in [1.82, 2.24) is 0 Å². The highest BCUT2D eigenvalue weighted by molar-refractivity contribution is 7.86. The molecular formula is C28H24N4O6S2. The molecule has 0 bridgehead atoms. The van der Waals surface area contributed by atoms with Gasteiger partial charge in [0.25, 0.3) is 20.2 Å². The molecule has 10 nitrogen and oxygen atoms in total. The van der Waals surface area contributed by atoms with Crippen LogP contribution < -0.4 is 10.6 Å². The molecule has 5 aromatic rings. The van der Waals surface area contributed by atoms with Gasteiger partial charge in [-0.25, -0.2) is 5.53 Å². The van der Waals surface area contributed by atoms with Crippen molar-refractivity contribution in [2.24, 2.45) is 5.11 Å². The van der Waals surface area contributed by atoms with Crippen LogP contribution in [0.5, 0.6) is 0 Å². The molecule has 0 heterocycles. The summed E-state index contributed by atoms with van der Waals surface area (Å²) in [6.07, 6.45) is 0. The van der Waals surface area contributed by atoms with E-state index in [2.05, 4.69) is 15.7 Å². The fourth-order valence-electron chi connectivity index (χ4n) is 4.47. The molecule has 0 saturated carbocycles. The third kappa shape index (κ3) is 5.80. The summed E-state index contributed by atoms with van der Waals surface area (Å²) in [6, 6.07) is 25.5. The third-order valence-corrected chi connectivity index (χ3v) is 8.22. The van der Waals surface area contributed by atoms with E-state index in [0.717, 1.165) is 27.9 Å². The minimum atomic E-state index is -4.39. The van der Waals surface area contributed by atoms with Gasteiger partial charge in [0.2, 0.25) is 0 Å². The lowest BCUT2D eigenvalue weighted by Crippen LogP contribution is -2.03. The van der Waals surface area contributed by atoms with Crippen molar-refractivity contribution in [1.29, 1.82) is 5.53 Å². The second kappa shape index (κ2) is 10.7. The molecule has 0 aromatic heterocycles. The summed E-state index contributed by atoms with van der Waals surface area (Å²) < 4.78 is 64.7. The average molecular weight is 577 g/mol. The molecular weight excluding hydrogens is 552 g/mol. The van der Waals surface area contributed by atoms with Crippen molar-refractivity contribution < 1.29 is 25.9 Å². The van der Waals surface area contributed by atoms with Gasteiger partial charge < -0.3 is 10.6 Å². The zero-order valence-electron chi connectivity index (χ0n) is 20.9. The van der Waals surface area contributed by atoms with Crippen LogP contribution in [0.15, 0.2) is 106 Å². The van der Waals surface area contributed by atoms with Gasteiger partial charge in [0.15, 0.2) is 0 Å². The molecule has 0 amide bonds. The first-order chi connectivity index (χ1) is 19.0. The van der Waals surface area contributed by atoms with Crippen molar-refractivity contribution in [3.05, 3.63) is 102 Å². The van der Waals surface area contributed by atoms with Crippen LogP contribution in [0.1, 0.15) is 11.1 Å². The SMILES string of the molecule is N=Nc1ccc(NCc2ccc(CNc3cccc4cc(S(=O)(=O)O)ccc34)cc2)c2ccc(S(=O)(=O)O)cc12.